The number of aromatic carboxylic acids is 1. The molecule has 1 N–H and O–H groups in total. The Balaban J connectivity index is 2.49. The zero-order valence-corrected chi connectivity index (χ0v) is 6.57. The highest BCUT2D eigenvalue weighted by Gasteiger charge is 2.28. The molecule has 0 bridgehead atoms. The number of aromatic nitrogens is 1. The van der Waals surface area contributed by atoms with Crippen molar-refractivity contribution < 1.29 is 14.4 Å². The summed E-state index contributed by atoms with van der Waals surface area (Å²) in [4.78, 5) is 12.4. The van der Waals surface area contributed by atoms with Gasteiger partial charge < -0.3 is 14.5 Å². The minimum Gasteiger partial charge on any atom is -0.476 e. The molecule has 64 valence electrons. The van der Waals surface area contributed by atoms with Gasteiger partial charge in [-0.1, -0.05) is 5.16 Å². The Bertz CT molecular complexity index is 331. The normalized spacial score (nSPS) is 14.9. The van der Waals surface area contributed by atoms with Gasteiger partial charge in [0, 0.05) is 13.6 Å². The van der Waals surface area contributed by atoms with Crippen LogP contribution < -0.4 is 4.90 Å². The third-order valence-corrected chi connectivity index (χ3v) is 2.01. The van der Waals surface area contributed by atoms with E-state index in [0.717, 1.165) is 6.54 Å². The zero-order valence-electron chi connectivity index (χ0n) is 6.57. The van der Waals surface area contributed by atoms with Crippen molar-refractivity contribution in [2.45, 2.75) is 6.42 Å². The van der Waals surface area contributed by atoms with Crippen molar-refractivity contribution in [1.29, 1.82) is 0 Å². The molecule has 0 unspecified atom stereocenters. The summed E-state index contributed by atoms with van der Waals surface area (Å²) in [5, 5.41) is 12.2. The maximum Gasteiger partial charge on any atom is 0.358 e. The summed E-state index contributed by atoms with van der Waals surface area (Å²) in [5.74, 6) is -0.428. The van der Waals surface area contributed by atoms with Gasteiger partial charge in [0.05, 0.1) is 5.56 Å². The minimum atomic E-state index is -1.02. The number of nitrogens with zero attached hydrogens (tertiary/aromatic N) is 2. The number of hydrogen-bond acceptors (Lipinski definition) is 4. The molecule has 5 nitrogen and oxygen atoms in total. The summed E-state index contributed by atoms with van der Waals surface area (Å²) in [6.07, 6.45) is 0.705. The fourth-order valence-electron chi connectivity index (χ4n) is 1.37. The molecule has 0 atom stereocenters. The molecule has 5 heteroatoms. The third-order valence-electron chi connectivity index (χ3n) is 2.01. The molecule has 0 aromatic carbocycles. The van der Waals surface area contributed by atoms with E-state index in [-0.39, 0.29) is 5.69 Å². The molecule has 0 spiro atoms. The van der Waals surface area contributed by atoms with Crippen LogP contribution in [0.1, 0.15) is 16.1 Å². The lowest BCUT2D eigenvalue weighted by molar-refractivity contribution is 0.0684. The summed E-state index contributed by atoms with van der Waals surface area (Å²) in [6.45, 7) is 0.803. The number of likely N-dealkylation sites (N-methyl/N-ethyl adjacent to an activating group) is 1. The van der Waals surface area contributed by atoms with E-state index in [9.17, 15) is 4.79 Å². The molecule has 2 heterocycles. The molecule has 1 aliphatic rings. The van der Waals surface area contributed by atoms with Gasteiger partial charge in [-0.25, -0.2) is 4.79 Å². The van der Waals surface area contributed by atoms with Crippen molar-refractivity contribution in [1.82, 2.24) is 5.16 Å². The Morgan fingerprint density at radius 1 is 1.75 bits per heavy atom. The number of carboxylic acids is 1. The molecule has 0 radical (unpaired) electrons. The smallest absolute Gasteiger partial charge is 0.358 e. The Hall–Kier alpha value is -1.52. The molecule has 1 aromatic heterocycles. The standard InChI is InChI=1S/C7H8N2O3/c1-9-3-2-4-5(7(10)11)8-12-6(4)9/h2-3H2,1H3,(H,10,11). The SMILES string of the molecule is CN1CCc2c(C(=O)O)noc21. The molecule has 1 aromatic rings. The van der Waals surface area contributed by atoms with Crippen molar-refractivity contribution in [3.8, 4) is 0 Å². The second kappa shape index (κ2) is 2.23. The van der Waals surface area contributed by atoms with E-state index in [1.807, 2.05) is 11.9 Å². The second-order valence-corrected chi connectivity index (χ2v) is 2.79. The van der Waals surface area contributed by atoms with E-state index in [0.29, 0.717) is 17.9 Å². The molecule has 0 saturated heterocycles. The van der Waals surface area contributed by atoms with Crippen molar-refractivity contribution >= 4 is 11.9 Å². The molecular weight excluding hydrogens is 160 g/mol. The number of fused-ring (bicyclic) bond motifs is 1. The van der Waals surface area contributed by atoms with E-state index in [2.05, 4.69) is 5.16 Å². The molecule has 0 aliphatic carbocycles. The Morgan fingerprint density at radius 2 is 2.50 bits per heavy atom. The summed E-state index contributed by atoms with van der Waals surface area (Å²) >= 11 is 0. The van der Waals surface area contributed by atoms with E-state index in [1.165, 1.54) is 0 Å². The maximum atomic E-state index is 10.6. The number of rotatable bonds is 1. The number of carbonyl (C=O) groups is 1. The summed E-state index contributed by atoms with van der Waals surface area (Å²) in [6, 6.07) is 0. The van der Waals surface area contributed by atoms with Gasteiger partial charge in [-0.05, 0) is 6.42 Å². The van der Waals surface area contributed by atoms with Crippen LogP contribution in [0.15, 0.2) is 4.52 Å². The van der Waals surface area contributed by atoms with Gasteiger partial charge in [-0.15, -0.1) is 0 Å². The average Bonchev–Trinajstić information content (AvgIpc) is 2.53. The molecule has 2 rings (SSSR count). The van der Waals surface area contributed by atoms with Gasteiger partial charge in [0.1, 0.15) is 0 Å². The van der Waals surface area contributed by atoms with E-state index in [1.54, 1.807) is 0 Å². The average molecular weight is 168 g/mol. The van der Waals surface area contributed by atoms with Crippen molar-refractivity contribution in [2.75, 3.05) is 18.5 Å². The molecule has 0 fully saturated rings. The van der Waals surface area contributed by atoms with Gasteiger partial charge in [0.25, 0.3) is 0 Å². The monoisotopic (exact) mass is 168 g/mol. The molecule has 0 saturated carbocycles. The Kier molecular flexibility index (Phi) is 1.33. The first-order chi connectivity index (χ1) is 5.70. The first-order valence-electron chi connectivity index (χ1n) is 3.63. The summed E-state index contributed by atoms with van der Waals surface area (Å²) < 4.78 is 4.88. The highest BCUT2D eigenvalue weighted by molar-refractivity contribution is 5.88. The summed E-state index contributed by atoms with van der Waals surface area (Å²) in [5.41, 5.74) is 0.763. The topological polar surface area (TPSA) is 66.6 Å². The summed E-state index contributed by atoms with van der Waals surface area (Å²) in [7, 11) is 1.85. The largest absolute Gasteiger partial charge is 0.476 e. The van der Waals surface area contributed by atoms with Crippen LogP contribution in [0.4, 0.5) is 5.88 Å². The van der Waals surface area contributed by atoms with Crippen LogP contribution in [0, 0.1) is 0 Å². The maximum absolute atomic E-state index is 10.6. The lowest BCUT2D eigenvalue weighted by Crippen LogP contribution is -2.12. The lowest BCUT2D eigenvalue weighted by Gasteiger charge is -2.04. The van der Waals surface area contributed by atoms with E-state index in [4.69, 9.17) is 9.63 Å². The number of anilines is 1. The zero-order chi connectivity index (χ0) is 8.72. The molecule has 0 amide bonds. The fourth-order valence-corrected chi connectivity index (χ4v) is 1.37. The third kappa shape index (κ3) is 0.792. The van der Waals surface area contributed by atoms with E-state index < -0.39 is 5.97 Å². The minimum absolute atomic E-state index is 0.0503. The number of hydrogen-bond donors (Lipinski definition) is 1. The second-order valence-electron chi connectivity index (χ2n) is 2.79. The predicted octanol–water partition coefficient (Wildman–Crippen LogP) is 0.365. The Morgan fingerprint density at radius 3 is 3.17 bits per heavy atom. The van der Waals surface area contributed by atoms with Crippen molar-refractivity contribution in [2.24, 2.45) is 0 Å². The predicted molar refractivity (Wildman–Crippen MR) is 40.4 cm³/mol. The molecule has 1 aliphatic heterocycles. The van der Waals surface area contributed by atoms with Gasteiger partial charge in [0.15, 0.2) is 5.69 Å². The highest BCUT2D eigenvalue weighted by Crippen LogP contribution is 2.28. The first-order valence-corrected chi connectivity index (χ1v) is 3.63. The van der Waals surface area contributed by atoms with Crippen molar-refractivity contribution in [3.05, 3.63) is 11.3 Å². The van der Waals surface area contributed by atoms with Crippen LogP contribution >= 0.6 is 0 Å². The van der Waals surface area contributed by atoms with Gasteiger partial charge in [0.2, 0.25) is 5.88 Å². The number of carboxylic acid groups (broad SMARTS) is 1. The molecule has 12 heavy (non-hydrogen) atoms. The lowest BCUT2D eigenvalue weighted by atomic mass is 10.2. The fraction of sp³-hybridized carbons (Fsp3) is 0.429. The van der Waals surface area contributed by atoms with Crippen LogP contribution in [0.3, 0.4) is 0 Å². The van der Waals surface area contributed by atoms with Crippen LogP contribution in [0.2, 0.25) is 0 Å². The van der Waals surface area contributed by atoms with E-state index >= 15 is 0 Å². The molecular formula is C7H8N2O3. The van der Waals surface area contributed by atoms with Crippen LogP contribution in [-0.4, -0.2) is 29.8 Å². The van der Waals surface area contributed by atoms with Crippen LogP contribution in [0.5, 0.6) is 0 Å². The quantitative estimate of drug-likeness (QED) is 0.656. The first kappa shape index (κ1) is 7.15. The van der Waals surface area contributed by atoms with Crippen molar-refractivity contribution in [3.63, 3.8) is 0 Å². The van der Waals surface area contributed by atoms with Crippen LogP contribution in [-0.2, 0) is 6.42 Å². The Labute approximate surface area is 68.6 Å². The van der Waals surface area contributed by atoms with Gasteiger partial charge >= 0.3 is 5.97 Å². The highest BCUT2D eigenvalue weighted by atomic mass is 16.5. The van der Waals surface area contributed by atoms with Crippen LogP contribution in [0.25, 0.3) is 0 Å². The van der Waals surface area contributed by atoms with Gasteiger partial charge in [-0.2, -0.15) is 0 Å². The van der Waals surface area contributed by atoms with Gasteiger partial charge in [-0.3, -0.25) is 0 Å².